The van der Waals surface area contributed by atoms with Crippen molar-refractivity contribution in [2.75, 3.05) is 31.1 Å². The van der Waals surface area contributed by atoms with Crippen molar-refractivity contribution in [3.63, 3.8) is 0 Å². The molecule has 1 aliphatic carbocycles. The Bertz CT molecular complexity index is 753. The minimum atomic E-state index is 0.386. The van der Waals surface area contributed by atoms with Crippen LogP contribution in [0.25, 0.3) is 10.2 Å². The Kier molecular flexibility index (Phi) is 4.04. The second-order valence-corrected chi connectivity index (χ2v) is 9.40. The Morgan fingerprint density at radius 3 is 2.62 bits per heavy atom. The number of hydrogen-bond acceptors (Lipinski definition) is 5. The molecule has 1 fully saturated rings. The van der Waals surface area contributed by atoms with Crippen LogP contribution in [0.3, 0.4) is 0 Å². The van der Waals surface area contributed by atoms with Crippen molar-refractivity contribution in [1.29, 1.82) is 0 Å². The maximum absolute atomic E-state index is 4.87. The van der Waals surface area contributed by atoms with E-state index < -0.39 is 0 Å². The lowest BCUT2D eigenvalue weighted by Crippen LogP contribution is -2.44. The maximum Gasteiger partial charge on any atom is 0.141 e. The van der Waals surface area contributed by atoms with Gasteiger partial charge < -0.3 is 10.2 Å². The largest absolute Gasteiger partial charge is 0.353 e. The third-order valence-electron chi connectivity index (χ3n) is 5.64. The van der Waals surface area contributed by atoms with Crippen LogP contribution in [0.1, 0.15) is 43.5 Å². The number of hydrogen-bond donors (Lipinski definition) is 1. The molecule has 2 aliphatic rings. The molecule has 1 atom stereocenters. The van der Waals surface area contributed by atoms with E-state index in [1.165, 1.54) is 35.3 Å². The lowest BCUT2D eigenvalue weighted by Gasteiger charge is -2.34. The fourth-order valence-electron chi connectivity index (χ4n) is 4.11. The van der Waals surface area contributed by atoms with Gasteiger partial charge in [-0.15, -0.1) is 11.3 Å². The summed E-state index contributed by atoms with van der Waals surface area (Å²) in [7, 11) is 0. The van der Waals surface area contributed by atoms with Gasteiger partial charge in [0.2, 0.25) is 0 Å². The topological polar surface area (TPSA) is 41.1 Å². The summed E-state index contributed by atoms with van der Waals surface area (Å²) in [6.07, 6.45) is 3.68. The van der Waals surface area contributed by atoms with E-state index in [0.29, 0.717) is 5.41 Å². The summed E-state index contributed by atoms with van der Waals surface area (Å²) in [6, 6.07) is 0. The summed E-state index contributed by atoms with van der Waals surface area (Å²) in [5, 5.41) is 4.80. The van der Waals surface area contributed by atoms with Crippen LogP contribution in [-0.4, -0.2) is 36.1 Å². The fraction of sp³-hybridized carbons (Fsp3) is 0.684. The summed E-state index contributed by atoms with van der Waals surface area (Å²) >= 11 is 1.92. The van der Waals surface area contributed by atoms with E-state index in [2.05, 4.69) is 31.0 Å². The minimum Gasteiger partial charge on any atom is -0.353 e. The molecule has 130 valence electrons. The van der Waals surface area contributed by atoms with Crippen LogP contribution in [0.4, 0.5) is 5.82 Å². The van der Waals surface area contributed by atoms with Gasteiger partial charge in [-0.05, 0) is 43.1 Å². The molecule has 0 bridgehead atoms. The van der Waals surface area contributed by atoms with Gasteiger partial charge in [0.25, 0.3) is 0 Å². The number of thiophene rings is 1. The Morgan fingerprint density at radius 2 is 1.92 bits per heavy atom. The third-order valence-corrected chi connectivity index (χ3v) is 6.79. The number of aromatic nitrogens is 2. The molecule has 0 radical (unpaired) electrons. The molecule has 0 spiro atoms. The van der Waals surface area contributed by atoms with Crippen LogP contribution in [0.2, 0.25) is 0 Å². The highest BCUT2D eigenvalue weighted by Crippen LogP contribution is 2.44. The van der Waals surface area contributed by atoms with Crippen molar-refractivity contribution >= 4 is 27.4 Å². The normalized spacial score (nSPS) is 22.0. The summed E-state index contributed by atoms with van der Waals surface area (Å²) in [5.41, 5.74) is 1.93. The van der Waals surface area contributed by atoms with Gasteiger partial charge in [-0.2, -0.15) is 0 Å². The molecule has 1 saturated heterocycles. The molecule has 0 amide bonds. The molecular formula is C19H28N4S. The van der Waals surface area contributed by atoms with Gasteiger partial charge in [0, 0.05) is 31.1 Å². The van der Waals surface area contributed by atoms with E-state index in [4.69, 9.17) is 9.97 Å². The monoisotopic (exact) mass is 344 g/mol. The molecule has 5 heteroatoms. The van der Waals surface area contributed by atoms with Crippen LogP contribution < -0.4 is 10.2 Å². The molecule has 0 saturated carbocycles. The highest BCUT2D eigenvalue weighted by Gasteiger charge is 2.32. The molecule has 4 nitrogen and oxygen atoms in total. The molecule has 2 aromatic heterocycles. The van der Waals surface area contributed by atoms with Gasteiger partial charge in [-0.3, -0.25) is 0 Å². The second kappa shape index (κ2) is 5.95. The van der Waals surface area contributed by atoms with Crippen molar-refractivity contribution in [1.82, 2.24) is 15.3 Å². The molecule has 4 rings (SSSR count). The van der Waals surface area contributed by atoms with Crippen molar-refractivity contribution in [2.24, 2.45) is 11.3 Å². The average molecular weight is 345 g/mol. The van der Waals surface area contributed by atoms with Gasteiger partial charge in [-0.25, -0.2) is 9.97 Å². The van der Waals surface area contributed by atoms with Gasteiger partial charge in [0.05, 0.1) is 5.39 Å². The first-order valence-electron chi connectivity index (χ1n) is 9.18. The van der Waals surface area contributed by atoms with Crippen LogP contribution in [0, 0.1) is 18.3 Å². The van der Waals surface area contributed by atoms with Crippen LogP contribution in [-0.2, 0) is 12.8 Å². The minimum absolute atomic E-state index is 0.386. The van der Waals surface area contributed by atoms with E-state index in [-0.39, 0.29) is 0 Å². The predicted octanol–water partition coefficient (Wildman–Crippen LogP) is 3.56. The molecule has 1 N–H and O–H groups in total. The quantitative estimate of drug-likeness (QED) is 0.859. The molecule has 1 unspecified atom stereocenters. The van der Waals surface area contributed by atoms with E-state index in [1.807, 2.05) is 18.3 Å². The van der Waals surface area contributed by atoms with Gasteiger partial charge in [0.1, 0.15) is 16.5 Å². The first-order valence-corrected chi connectivity index (χ1v) is 9.99. The highest BCUT2D eigenvalue weighted by atomic mass is 32.1. The first-order chi connectivity index (χ1) is 11.4. The molecule has 0 aromatic carbocycles. The van der Waals surface area contributed by atoms with Crippen LogP contribution in [0.5, 0.6) is 0 Å². The molecule has 2 aromatic rings. The van der Waals surface area contributed by atoms with Crippen LogP contribution >= 0.6 is 11.3 Å². The summed E-state index contributed by atoms with van der Waals surface area (Å²) < 4.78 is 0. The summed E-state index contributed by atoms with van der Waals surface area (Å²) in [4.78, 5) is 14.9. The van der Waals surface area contributed by atoms with E-state index in [0.717, 1.165) is 37.9 Å². The third kappa shape index (κ3) is 2.82. The number of fused-ring (bicyclic) bond motifs is 3. The SMILES string of the molecule is Cc1nc(N2CCNCC2)c2c3c(sc2n1)CC(C(C)(C)C)CC3. The Hall–Kier alpha value is -1.20. The van der Waals surface area contributed by atoms with E-state index >= 15 is 0 Å². The molecule has 1 aliphatic heterocycles. The van der Waals surface area contributed by atoms with E-state index in [9.17, 15) is 0 Å². The number of nitrogens with zero attached hydrogens (tertiary/aromatic N) is 3. The first kappa shape index (κ1) is 16.3. The second-order valence-electron chi connectivity index (χ2n) is 8.32. The summed E-state index contributed by atoms with van der Waals surface area (Å²) in [5.74, 6) is 2.86. The zero-order valence-electron chi connectivity index (χ0n) is 15.3. The average Bonchev–Trinajstić information content (AvgIpc) is 2.91. The highest BCUT2D eigenvalue weighted by molar-refractivity contribution is 7.19. The number of rotatable bonds is 1. The lowest BCUT2D eigenvalue weighted by atomic mass is 9.72. The number of anilines is 1. The van der Waals surface area contributed by atoms with Gasteiger partial charge >= 0.3 is 0 Å². The zero-order valence-corrected chi connectivity index (χ0v) is 16.1. The Morgan fingerprint density at radius 1 is 1.17 bits per heavy atom. The molecule has 24 heavy (non-hydrogen) atoms. The number of aryl methyl sites for hydroxylation is 2. The van der Waals surface area contributed by atoms with Crippen molar-refractivity contribution in [3.05, 3.63) is 16.3 Å². The van der Waals surface area contributed by atoms with Crippen molar-refractivity contribution < 1.29 is 0 Å². The molecule has 3 heterocycles. The summed E-state index contributed by atoms with van der Waals surface area (Å²) in [6.45, 7) is 13.3. The number of nitrogens with one attached hydrogen (secondary N) is 1. The predicted molar refractivity (Wildman–Crippen MR) is 102 cm³/mol. The fourth-order valence-corrected chi connectivity index (χ4v) is 5.45. The smallest absolute Gasteiger partial charge is 0.141 e. The van der Waals surface area contributed by atoms with Crippen molar-refractivity contribution in [2.45, 2.75) is 47.0 Å². The van der Waals surface area contributed by atoms with Gasteiger partial charge in [-0.1, -0.05) is 20.8 Å². The number of piperazine rings is 1. The molecular weight excluding hydrogens is 316 g/mol. The van der Waals surface area contributed by atoms with Crippen LogP contribution in [0.15, 0.2) is 0 Å². The van der Waals surface area contributed by atoms with Crippen molar-refractivity contribution in [3.8, 4) is 0 Å². The standard InChI is InChI=1S/C19H28N4S/c1-12-21-17(23-9-7-20-8-10-23)16-14-6-5-13(19(2,3)4)11-15(14)24-18(16)22-12/h13,20H,5-11H2,1-4H3. The van der Waals surface area contributed by atoms with E-state index in [1.54, 1.807) is 10.4 Å². The Balaban J connectivity index is 1.80. The van der Waals surface area contributed by atoms with Gasteiger partial charge in [0.15, 0.2) is 0 Å². The zero-order chi connectivity index (χ0) is 16.9. The lowest BCUT2D eigenvalue weighted by molar-refractivity contribution is 0.218. The Labute approximate surface area is 148 Å². The maximum atomic E-state index is 4.87.